The Morgan fingerprint density at radius 1 is 1.33 bits per heavy atom. The van der Waals surface area contributed by atoms with Crippen LogP contribution in [0, 0.1) is 0 Å². The number of amides is 3. The lowest BCUT2D eigenvalue weighted by molar-refractivity contribution is -0.123. The second-order valence-electron chi connectivity index (χ2n) is 4.10. The third-order valence-corrected chi connectivity index (χ3v) is 3.86. The van der Waals surface area contributed by atoms with Gasteiger partial charge in [-0.3, -0.25) is 15.0 Å². The van der Waals surface area contributed by atoms with Crippen molar-refractivity contribution in [2.24, 2.45) is 4.99 Å². The molecule has 1 aliphatic heterocycles. The molecule has 1 fully saturated rings. The van der Waals surface area contributed by atoms with E-state index in [2.05, 4.69) is 10.3 Å². The van der Waals surface area contributed by atoms with Crippen molar-refractivity contribution in [3.8, 4) is 11.5 Å². The minimum atomic E-state index is -0.596. The number of rotatable bonds is 3. The zero-order valence-corrected chi connectivity index (χ0v) is 12.7. The molecule has 112 valence electrons. The van der Waals surface area contributed by atoms with Crippen molar-refractivity contribution in [2.75, 3.05) is 32.3 Å². The third-order valence-electron chi connectivity index (χ3n) is 2.84. The molecule has 0 bridgehead atoms. The lowest BCUT2D eigenvalue weighted by Gasteiger charge is -2.13. The van der Waals surface area contributed by atoms with Crippen LogP contribution in [0.25, 0.3) is 0 Å². The number of anilines is 1. The molecule has 1 aromatic carbocycles. The number of methoxy groups -OCH3 is 2. The van der Waals surface area contributed by atoms with Crippen molar-refractivity contribution in [1.29, 1.82) is 0 Å². The van der Waals surface area contributed by atoms with Crippen LogP contribution in [0.1, 0.15) is 0 Å². The Bertz CT molecular complexity index is 581. The molecule has 8 heteroatoms. The maximum Gasteiger partial charge on any atom is 0.348 e. The van der Waals surface area contributed by atoms with Crippen molar-refractivity contribution >= 4 is 34.6 Å². The number of urea groups is 1. The average molecular weight is 309 g/mol. The quantitative estimate of drug-likeness (QED) is 0.921. The Morgan fingerprint density at radius 2 is 1.95 bits per heavy atom. The summed E-state index contributed by atoms with van der Waals surface area (Å²) in [5.41, 5.74) is 0.397. The molecule has 0 atom stereocenters. The Labute approximate surface area is 126 Å². The number of thioether (sulfide) groups is 1. The molecule has 1 aliphatic rings. The van der Waals surface area contributed by atoms with Gasteiger partial charge in [0.2, 0.25) is 5.91 Å². The van der Waals surface area contributed by atoms with Gasteiger partial charge >= 0.3 is 6.03 Å². The van der Waals surface area contributed by atoms with Gasteiger partial charge in [0.15, 0.2) is 5.17 Å². The summed E-state index contributed by atoms with van der Waals surface area (Å²) in [6.45, 7) is 0. The van der Waals surface area contributed by atoms with E-state index in [0.29, 0.717) is 28.1 Å². The van der Waals surface area contributed by atoms with Crippen LogP contribution in [0.5, 0.6) is 11.5 Å². The molecule has 1 saturated heterocycles. The number of para-hydroxylation sites is 1. The second kappa shape index (κ2) is 6.49. The van der Waals surface area contributed by atoms with Crippen molar-refractivity contribution in [1.82, 2.24) is 4.90 Å². The van der Waals surface area contributed by atoms with Crippen molar-refractivity contribution in [3.63, 3.8) is 0 Å². The number of ether oxygens (including phenoxy) is 2. The molecule has 0 spiro atoms. The maximum atomic E-state index is 12.0. The summed E-state index contributed by atoms with van der Waals surface area (Å²) in [5.74, 6) is 1.14. The number of amidine groups is 1. The molecule has 2 rings (SSSR count). The highest BCUT2D eigenvalue weighted by Gasteiger charge is 2.25. The number of nitrogens with zero attached hydrogens (tertiary/aromatic N) is 2. The zero-order chi connectivity index (χ0) is 15.4. The second-order valence-corrected chi connectivity index (χ2v) is 5.05. The van der Waals surface area contributed by atoms with Gasteiger partial charge in [0, 0.05) is 7.05 Å². The predicted molar refractivity (Wildman–Crippen MR) is 81.2 cm³/mol. The topological polar surface area (TPSA) is 80.2 Å². The van der Waals surface area contributed by atoms with Gasteiger partial charge in [-0.2, -0.15) is 4.99 Å². The molecule has 0 radical (unpaired) electrons. The standard InChI is InChI=1S/C13H15N3O4S/c1-16-10(17)7-21-13(16)15-12(18)14-11-8(19-2)5-4-6-9(11)20-3/h4-6H,7H2,1-3H3,(H,14,18)/b15-13+. The first-order valence-corrected chi connectivity index (χ1v) is 7.05. The minimum absolute atomic E-state index is 0.0820. The lowest BCUT2D eigenvalue weighted by atomic mass is 10.2. The van der Waals surface area contributed by atoms with E-state index >= 15 is 0 Å². The normalized spacial score (nSPS) is 16.2. The summed E-state index contributed by atoms with van der Waals surface area (Å²) in [7, 11) is 4.57. The number of carbonyl (C=O) groups excluding carboxylic acids is 2. The van der Waals surface area contributed by atoms with E-state index in [0.717, 1.165) is 0 Å². The van der Waals surface area contributed by atoms with E-state index < -0.39 is 6.03 Å². The van der Waals surface area contributed by atoms with E-state index in [-0.39, 0.29) is 5.91 Å². The van der Waals surface area contributed by atoms with E-state index in [1.165, 1.54) is 30.9 Å². The molecule has 1 N–H and O–H groups in total. The summed E-state index contributed by atoms with van der Waals surface area (Å²) >= 11 is 1.22. The molecule has 0 unspecified atom stereocenters. The SMILES string of the molecule is COc1cccc(OC)c1NC(=O)/N=C1/SCC(=O)N1C. The Balaban J connectivity index is 2.20. The number of nitrogens with one attached hydrogen (secondary N) is 1. The van der Waals surface area contributed by atoms with Crippen LogP contribution in [0.4, 0.5) is 10.5 Å². The number of hydrogen-bond donors (Lipinski definition) is 1. The molecular formula is C13H15N3O4S. The summed E-state index contributed by atoms with van der Waals surface area (Å²) in [6, 6.07) is 4.55. The number of carbonyl (C=O) groups is 2. The Kier molecular flexibility index (Phi) is 4.69. The highest BCUT2D eigenvalue weighted by atomic mass is 32.2. The molecule has 0 aromatic heterocycles. The van der Waals surface area contributed by atoms with Gasteiger partial charge in [0.25, 0.3) is 0 Å². The first-order chi connectivity index (χ1) is 10.1. The number of hydrogen-bond acceptors (Lipinski definition) is 5. The summed E-state index contributed by atoms with van der Waals surface area (Å²) in [4.78, 5) is 28.6. The Morgan fingerprint density at radius 3 is 2.43 bits per heavy atom. The molecule has 7 nitrogen and oxygen atoms in total. The first-order valence-electron chi connectivity index (χ1n) is 6.07. The summed E-state index contributed by atoms with van der Waals surface area (Å²) in [5, 5.41) is 2.98. The van der Waals surface area contributed by atoms with Crippen molar-refractivity contribution < 1.29 is 19.1 Å². The first kappa shape index (κ1) is 15.2. The van der Waals surface area contributed by atoms with Crippen LogP contribution in [-0.2, 0) is 4.79 Å². The largest absolute Gasteiger partial charge is 0.494 e. The highest BCUT2D eigenvalue weighted by Crippen LogP contribution is 2.34. The van der Waals surface area contributed by atoms with Crippen LogP contribution in [0.2, 0.25) is 0 Å². The van der Waals surface area contributed by atoms with Gasteiger partial charge in [-0.1, -0.05) is 17.8 Å². The van der Waals surface area contributed by atoms with Gasteiger partial charge in [-0.15, -0.1) is 0 Å². The third kappa shape index (κ3) is 3.27. The molecule has 21 heavy (non-hydrogen) atoms. The molecular weight excluding hydrogens is 294 g/mol. The van der Waals surface area contributed by atoms with Gasteiger partial charge in [0.05, 0.1) is 20.0 Å². The van der Waals surface area contributed by atoms with Crippen LogP contribution in [0.3, 0.4) is 0 Å². The smallest absolute Gasteiger partial charge is 0.348 e. The maximum absolute atomic E-state index is 12.0. The predicted octanol–water partition coefficient (Wildman–Crippen LogP) is 1.80. The number of aliphatic imine (C=N–C) groups is 1. The summed E-state index contributed by atoms with van der Waals surface area (Å²) < 4.78 is 10.4. The minimum Gasteiger partial charge on any atom is -0.494 e. The monoisotopic (exact) mass is 309 g/mol. The fraction of sp³-hybridized carbons (Fsp3) is 0.308. The highest BCUT2D eigenvalue weighted by molar-refractivity contribution is 8.15. The molecule has 3 amide bonds. The van der Waals surface area contributed by atoms with Crippen LogP contribution in [0.15, 0.2) is 23.2 Å². The van der Waals surface area contributed by atoms with Gasteiger partial charge in [-0.25, -0.2) is 4.79 Å². The Hall–Kier alpha value is -2.22. The van der Waals surface area contributed by atoms with Crippen LogP contribution in [-0.4, -0.2) is 49.0 Å². The summed E-state index contributed by atoms with van der Waals surface area (Å²) in [6.07, 6.45) is 0. The zero-order valence-electron chi connectivity index (χ0n) is 11.9. The van der Waals surface area contributed by atoms with Crippen molar-refractivity contribution in [2.45, 2.75) is 0 Å². The van der Waals surface area contributed by atoms with E-state index in [9.17, 15) is 9.59 Å². The molecule has 0 saturated carbocycles. The van der Waals surface area contributed by atoms with Gasteiger partial charge in [-0.05, 0) is 12.1 Å². The van der Waals surface area contributed by atoms with E-state index in [1.54, 1.807) is 25.2 Å². The van der Waals surface area contributed by atoms with E-state index in [4.69, 9.17) is 9.47 Å². The lowest BCUT2D eigenvalue weighted by Crippen LogP contribution is -2.25. The van der Waals surface area contributed by atoms with E-state index in [1.807, 2.05) is 0 Å². The number of benzene rings is 1. The fourth-order valence-corrected chi connectivity index (χ4v) is 2.62. The molecule has 0 aliphatic carbocycles. The van der Waals surface area contributed by atoms with Gasteiger partial charge < -0.3 is 9.47 Å². The molecule has 1 heterocycles. The van der Waals surface area contributed by atoms with Gasteiger partial charge in [0.1, 0.15) is 17.2 Å². The fourth-order valence-electron chi connectivity index (χ4n) is 1.73. The van der Waals surface area contributed by atoms with Crippen molar-refractivity contribution in [3.05, 3.63) is 18.2 Å². The van der Waals surface area contributed by atoms with Crippen LogP contribution < -0.4 is 14.8 Å². The average Bonchev–Trinajstić information content (AvgIpc) is 2.79. The van der Waals surface area contributed by atoms with Crippen LogP contribution >= 0.6 is 11.8 Å². The molecule has 1 aromatic rings.